The van der Waals surface area contributed by atoms with Gasteiger partial charge in [0.2, 0.25) is 0 Å². The van der Waals surface area contributed by atoms with E-state index < -0.39 is 0 Å². The van der Waals surface area contributed by atoms with Crippen molar-refractivity contribution in [2.24, 2.45) is 0 Å². The second kappa shape index (κ2) is 5.59. The molecule has 0 saturated carbocycles. The number of nitrogens with one attached hydrogen (secondary N) is 1. The van der Waals surface area contributed by atoms with Gasteiger partial charge >= 0.3 is 0 Å². The van der Waals surface area contributed by atoms with Crippen LogP contribution in [-0.2, 0) is 0 Å². The van der Waals surface area contributed by atoms with E-state index in [1.54, 1.807) is 0 Å². The molecule has 15 heavy (non-hydrogen) atoms. The number of anilines is 2. The third-order valence-corrected chi connectivity index (χ3v) is 2.60. The third kappa shape index (κ3) is 3.42. The van der Waals surface area contributed by atoms with Crippen LogP contribution in [0.4, 0.5) is 11.5 Å². The topological polar surface area (TPSA) is 28.2 Å². The molecule has 1 heterocycles. The SMILES string of the molecule is CCC(CC)Nc1ccc(N(C)C)cn1. The van der Waals surface area contributed by atoms with Crippen molar-refractivity contribution in [1.82, 2.24) is 4.98 Å². The maximum Gasteiger partial charge on any atom is 0.126 e. The van der Waals surface area contributed by atoms with Crippen molar-refractivity contribution >= 4 is 11.5 Å². The molecular formula is C12H21N3. The average Bonchev–Trinajstić information content (AvgIpc) is 2.26. The Bertz CT molecular complexity index is 275. The first kappa shape index (κ1) is 11.8. The van der Waals surface area contributed by atoms with E-state index in [0.717, 1.165) is 24.3 Å². The fraction of sp³-hybridized carbons (Fsp3) is 0.583. The molecule has 0 radical (unpaired) electrons. The molecule has 0 bridgehead atoms. The second-order valence-corrected chi connectivity index (χ2v) is 3.95. The molecule has 0 unspecified atom stereocenters. The van der Waals surface area contributed by atoms with Gasteiger partial charge < -0.3 is 10.2 Å². The van der Waals surface area contributed by atoms with Crippen LogP contribution >= 0.6 is 0 Å². The van der Waals surface area contributed by atoms with Crippen LogP contribution in [0.2, 0.25) is 0 Å². The lowest BCUT2D eigenvalue weighted by atomic mass is 10.2. The Kier molecular flexibility index (Phi) is 4.40. The highest BCUT2D eigenvalue weighted by Crippen LogP contribution is 2.14. The third-order valence-electron chi connectivity index (χ3n) is 2.60. The van der Waals surface area contributed by atoms with Gasteiger partial charge in [-0.1, -0.05) is 13.8 Å². The van der Waals surface area contributed by atoms with Gasteiger partial charge in [0, 0.05) is 20.1 Å². The van der Waals surface area contributed by atoms with Gasteiger partial charge in [0.05, 0.1) is 11.9 Å². The van der Waals surface area contributed by atoms with Gasteiger partial charge in [-0.2, -0.15) is 0 Å². The van der Waals surface area contributed by atoms with Gasteiger partial charge in [0.25, 0.3) is 0 Å². The molecule has 0 amide bonds. The van der Waals surface area contributed by atoms with Gasteiger partial charge in [-0.3, -0.25) is 0 Å². The number of hydrogen-bond acceptors (Lipinski definition) is 3. The first-order valence-electron chi connectivity index (χ1n) is 5.57. The van der Waals surface area contributed by atoms with Crippen molar-refractivity contribution in [3.63, 3.8) is 0 Å². The Labute approximate surface area is 92.5 Å². The lowest BCUT2D eigenvalue weighted by Crippen LogP contribution is -2.18. The Morgan fingerprint density at radius 2 is 1.93 bits per heavy atom. The van der Waals surface area contributed by atoms with Crippen LogP contribution in [0.5, 0.6) is 0 Å². The van der Waals surface area contributed by atoms with Gasteiger partial charge in [0.1, 0.15) is 5.82 Å². The van der Waals surface area contributed by atoms with E-state index in [-0.39, 0.29) is 0 Å². The Morgan fingerprint density at radius 3 is 2.33 bits per heavy atom. The molecule has 1 rings (SSSR count). The quantitative estimate of drug-likeness (QED) is 0.804. The van der Waals surface area contributed by atoms with E-state index in [1.165, 1.54) is 0 Å². The lowest BCUT2D eigenvalue weighted by molar-refractivity contribution is 0.668. The lowest BCUT2D eigenvalue weighted by Gasteiger charge is -2.16. The maximum absolute atomic E-state index is 4.38. The minimum absolute atomic E-state index is 0.530. The summed E-state index contributed by atoms with van der Waals surface area (Å²) in [6.07, 6.45) is 4.16. The molecule has 1 aromatic heterocycles. The molecule has 0 fully saturated rings. The number of pyridine rings is 1. The molecule has 3 heteroatoms. The fourth-order valence-corrected chi connectivity index (χ4v) is 1.44. The summed E-state index contributed by atoms with van der Waals surface area (Å²) in [4.78, 5) is 6.43. The Morgan fingerprint density at radius 1 is 1.27 bits per heavy atom. The van der Waals surface area contributed by atoms with Gasteiger partial charge in [-0.05, 0) is 25.0 Å². The van der Waals surface area contributed by atoms with Gasteiger partial charge in [-0.25, -0.2) is 4.98 Å². The largest absolute Gasteiger partial charge is 0.376 e. The normalized spacial score (nSPS) is 10.5. The summed E-state index contributed by atoms with van der Waals surface area (Å²) in [6.45, 7) is 4.38. The van der Waals surface area contributed by atoms with E-state index in [9.17, 15) is 0 Å². The van der Waals surface area contributed by atoms with Crippen LogP contribution in [0.25, 0.3) is 0 Å². The predicted molar refractivity (Wildman–Crippen MR) is 66.6 cm³/mol. The minimum atomic E-state index is 0.530. The molecule has 0 aliphatic heterocycles. The van der Waals surface area contributed by atoms with Crippen LogP contribution in [0.1, 0.15) is 26.7 Å². The van der Waals surface area contributed by atoms with Crippen molar-refractivity contribution in [2.45, 2.75) is 32.7 Å². The second-order valence-electron chi connectivity index (χ2n) is 3.95. The molecule has 1 N–H and O–H groups in total. The first-order valence-corrected chi connectivity index (χ1v) is 5.57. The van der Waals surface area contributed by atoms with Crippen LogP contribution in [0.15, 0.2) is 18.3 Å². The summed E-state index contributed by atoms with van der Waals surface area (Å²) in [5, 5.41) is 3.41. The van der Waals surface area contributed by atoms with E-state index in [2.05, 4.69) is 30.2 Å². The van der Waals surface area contributed by atoms with E-state index in [0.29, 0.717) is 6.04 Å². The zero-order valence-electron chi connectivity index (χ0n) is 10.1. The van der Waals surface area contributed by atoms with E-state index in [1.807, 2.05) is 31.3 Å². The summed E-state index contributed by atoms with van der Waals surface area (Å²) in [6, 6.07) is 4.65. The highest BCUT2D eigenvalue weighted by molar-refractivity contribution is 5.48. The van der Waals surface area contributed by atoms with Crippen molar-refractivity contribution in [2.75, 3.05) is 24.3 Å². The van der Waals surface area contributed by atoms with Crippen LogP contribution < -0.4 is 10.2 Å². The van der Waals surface area contributed by atoms with Crippen molar-refractivity contribution < 1.29 is 0 Å². The molecule has 0 saturated heterocycles. The van der Waals surface area contributed by atoms with Crippen molar-refractivity contribution in [1.29, 1.82) is 0 Å². The molecule has 1 aromatic rings. The van der Waals surface area contributed by atoms with Gasteiger partial charge in [0.15, 0.2) is 0 Å². The molecular weight excluding hydrogens is 186 g/mol. The molecule has 0 spiro atoms. The highest BCUT2D eigenvalue weighted by atomic mass is 15.1. The molecule has 0 atom stereocenters. The van der Waals surface area contributed by atoms with E-state index >= 15 is 0 Å². The minimum Gasteiger partial charge on any atom is -0.376 e. The standard InChI is InChI=1S/C12H21N3/c1-5-10(6-2)14-12-8-7-11(9-13-12)15(3)4/h7-10H,5-6H2,1-4H3,(H,13,14). The summed E-state index contributed by atoms with van der Waals surface area (Å²) in [5.74, 6) is 0.967. The molecule has 84 valence electrons. The monoisotopic (exact) mass is 207 g/mol. The number of aromatic nitrogens is 1. The molecule has 0 aliphatic carbocycles. The summed E-state index contributed by atoms with van der Waals surface area (Å²) >= 11 is 0. The van der Waals surface area contributed by atoms with Crippen molar-refractivity contribution in [3.05, 3.63) is 18.3 Å². The summed E-state index contributed by atoms with van der Waals surface area (Å²) in [5.41, 5.74) is 1.13. The summed E-state index contributed by atoms with van der Waals surface area (Å²) in [7, 11) is 4.04. The zero-order chi connectivity index (χ0) is 11.3. The van der Waals surface area contributed by atoms with Gasteiger partial charge in [-0.15, -0.1) is 0 Å². The summed E-state index contributed by atoms with van der Waals surface area (Å²) < 4.78 is 0. The first-order chi connectivity index (χ1) is 7.17. The Hall–Kier alpha value is -1.25. The van der Waals surface area contributed by atoms with Crippen LogP contribution in [-0.4, -0.2) is 25.1 Å². The molecule has 0 aromatic carbocycles. The van der Waals surface area contributed by atoms with Crippen LogP contribution in [0.3, 0.4) is 0 Å². The average molecular weight is 207 g/mol. The number of rotatable bonds is 5. The zero-order valence-corrected chi connectivity index (χ0v) is 10.1. The van der Waals surface area contributed by atoms with Crippen molar-refractivity contribution in [3.8, 4) is 0 Å². The fourth-order valence-electron chi connectivity index (χ4n) is 1.44. The van der Waals surface area contributed by atoms with E-state index in [4.69, 9.17) is 0 Å². The number of nitrogens with zero attached hydrogens (tertiary/aromatic N) is 2. The molecule has 3 nitrogen and oxygen atoms in total. The number of hydrogen-bond donors (Lipinski definition) is 1. The highest BCUT2D eigenvalue weighted by Gasteiger charge is 2.03. The smallest absolute Gasteiger partial charge is 0.126 e. The predicted octanol–water partition coefficient (Wildman–Crippen LogP) is 2.75. The maximum atomic E-state index is 4.38. The van der Waals surface area contributed by atoms with Crippen LogP contribution in [0, 0.1) is 0 Å². The Balaban J connectivity index is 2.63. The molecule has 0 aliphatic rings.